The molecule has 4 aromatic rings. The molecule has 0 radical (unpaired) electrons. The van der Waals surface area contributed by atoms with Crippen LogP contribution in [0.25, 0.3) is 17.8 Å². The zero-order valence-corrected chi connectivity index (χ0v) is 18.2. The highest BCUT2D eigenvalue weighted by Gasteiger charge is 2.23. The molecule has 1 atom stereocenters. The Morgan fingerprint density at radius 1 is 1.21 bits per heavy atom. The lowest BCUT2D eigenvalue weighted by atomic mass is 10.0. The van der Waals surface area contributed by atoms with Crippen LogP contribution >= 0.6 is 0 Å². The molecular weight excluding hydrogens is 419 g/mol. The number of nitrogens with zero attached hydrogens (tertiary/aromatic N) is 3. The predicted molar refractivity (Wildman–Crippen MR) is 126 cm³/mol. The zero-order valence-electron chi connectivity index (χ0n) is 18.2. The minimum absolute atomic E-state index is 0.244. The Morgan fingerprint density at radius 3 is 2.88 bits per heavy atom. The van der Waals surface area contributed by atoms with Gasteiger partial charge in [0.15, 0.2) is 0 Å². The maximum atomic E-state index is 14.6. The van der Waals surface area contributed by atoms with Crippen LogP contribution in [0.3, 0.4) is 0 Å². The van der Waals surface area contributed by atoms with Gasteiger partial charge in [-0.05, 0) is 61.9 Å². The van der Waals surface area contributed by atoms with Crippen molar-refractivity contribution in [2.24, 2.45) is 0 Å². The molecule has 1 aliphatic rings. The first-order chi connectivity index (χ1) is 16.1. The van der Waals surface area contributed by atoms with Gasteiger partial charge < -0.3 is 14.5 Å². The maximum absolute atomic E-state index is 14.6. The van der Waals surface area contributed by atoms with E-state index in [-0.39, 0.29) is 11.5 Å². The normalized spacial score (nSPS) is 16.0. The summed E-state index contributed by atoms with van der Waals surface area (Å²) in [5.41, 5.74) is 4.86. The van der Waals surface area contributed by atoms with Crippen molar-refractivity contribution >= 4 is 29.4 Å². The fourth-order valence-electron chi connectivity index (χ4n) is 4.05. The lowest BCUT2D eigenvalue weighted by Crippen LogP contribution is -2.12. The number of hydrogen-bond acceptors (Lipinski definition) is 4. The van der Waals surface area contributed by atoms with E-state index in [4.69, 9.17) is 9.72 Å². The van der Waals surface area contributed by atoms with Crippen LogP contribution in [0.5, 0.6) is 0 Å². The lowest BCUT2D eigenvalue weighted by Gasteiger charge is -2.08. The van der Waals surface area contributed by atoms with Crippen molar-refractivity contribution in [3.8, 4) is 0 Å². The number of anilines is 1. The molecular formula is C26H23FN4O2. The van der Waals surface area contributed by atoms with E-state index in [1.807, 2.05) is 41.8 Å². The Hall–Kier alpha value is -3.84. The molecule has 3 aromatic heterocycles. The van der Waals surface area contributed by atoms with Crippen molar-refractivity contribution in [1.29, 1.82) is 0 Å². The van der Waals surface area contributed by atoms with Crippen LogP contribution < -0.4 is 5.32 Å². The number of aryl methyl sites for hydroxylation is 1. The van der Waals surface area contributed by atoms with E-state index in [9.17, 15) is 9.18 Å². The highest BCUT2D eigenvalue weighted by Crippen LogP contribution is 2.28. The summed E-state index contributed by atoms with van der Waals surface area (Å²) >= 11 is 0. The van der Waals surface area contributed by atoms with Gasteiger partial charge in [0, 0.05) is 41.7 Å². The van der Waals surface area contributed by atoms with E-state index in [0.29, 0.717) is 23.8 Å². The van der Waals surface area contributed by atoms with Crippen LogP contribution in [0.4, 0.5) is 10.1 Å². The summed E-state index contributed by atoms with van der Waals surface area (Å²) < 4.78 is 22.1. The number of aromatic nitrogens is 3. The van der Waals surface area contributed by atoms with Crippen LogP contribution in [-0.2, 0) is 4.74 Å². The minimum Gasteiger partial charge on any atom is -0.381 e. The predicted octanol–water partition coefficient (Wildman–Crippen LogP) is 5.10. The molecule has 0 bridgehead atoms. The largest absolute Gasteiger partial charge is 0.381 e. The highest BCUT2D eigenvalue weighted by molar-refractivity contribution is 6.04. The summed E-state index contributed by atoms with van der Waals surface area (Å²) in [5.74, 6) is -0.550. The van der Waals surface area contributed by atoms with Crippen molar-refractivity contribution < 1.29 is 13.9 Å². The molecule has 1 unspecified atom stereocenters. The Balaban J connectivity index is 1.33. The smallest absolute Gasteiger partial charge is 0.255 e. The van der Waals surface area contributed by atoms with Crippen LogP contribution in [0.2, 0.25) is 0 Å². The number of ether oxygens (including phenoxy) is 1. The Bertz CT molecular complexity index is 1340. The maximum Gasteiger partial charge on any atom is 0.255 e. The van der Waals surface area contributed by atoms with E-state index < -0.39 is 5.82 Å². The van der Waals surface area contributed by atoms with Crippen molar-refractivity contribution in [3.63, 3.8) is 0 Å². The number of carbonyl (C=O) groups is 1. The number of benzene rings is 1. The second-order valence-electron chi connectivity index (χ2n) is 8.07. The van der Waals surface area contributed by atoms with Gasteiger partial charge in [0.2, 0.25) is 0 Å². The first kappa shape index (κ1) is 21.0. The van der Waals surface area contributed by atoms with E-state index in [1.165, 1.54) is 6.07 Å². The fraction of sp³-hybridized carbons (Fsp3) is 0.192. The van der Waals surface area contributed by atoms with E-state index in [1.54, 1.807) is 36.5 Å². The first-order valence-electron chi connectivity index (χ1n) is 10.8. The second-order valence-corrected chi connectivity index (χ2v) is 8.07. The van der Waals surface area contributed by atoms with E-state index in [2.05, 4.69) is 10.3 Å². The van der Waals surface area contributed by atoms with Gasteiger partial charge >= 0.3 is 0 Å². The molecule has 166 valence electrons. The summed E-state index contributed by atoms with van der Waals surface area (Å²) in [6.07, 6.45) is 7.85. The number of imidazole rings is 1. The van der Waals surface area contributed by atoms with Crippen molar-refractivity contribution in [2.75, 3.05) is 18.5 Å². The van der Waals surface area contributed by atoms with Crippen molar-refractivity contribution in [3.05, 3.63) is 95.0 Å². The third-order valence-corrected chi connectivity index (χ3v) is 5.85. The molecule has 1 fully saturated rings. The molecule has 0 spiro atoms. The SMILES string of the molecule is Cc1c(C2CCOC2)nc2ccc(NC(=O)c3ccc(C=Cc4ccccn4)c(F)c3)cn12. The zero-order chi connectivity index (χ0) is 22.8. The first-order valence-corrected chi connectivity index (χ1v) is 10.8. The van der Waals surface area contributed by atoms with Gasteiger partial charge in [-0.25, -0.2) is 9.37 Å². The Kier molecular flexibility index (Phi) is 5.71. The number of fused-ring (bicyclic) bond motifs is 1. The number of nitrogens with one attached hydrogen (secondary N) is 1. The van der Waals surface area contributed by atoms with E-state index >= 15 is 0 Å². The van der Waals surface area contributed by atoms with Crippen molar-refractivity contribution in [2.45, 2.75) is 19.3 Å². The van der Waals surface area contributed by atoms with Gasteiger partial charge in [-0.3, -0.25) is 9.78 Å². The molecule has 33 heavy (non-hydrogen) atoms. The summed E-state index contributed by atoms with van der Waals surface area (Å²) in [6.45, 7) is 3.46. The van der Waals surface area contributed by atoms with Gasteiger partial charge in [-0.2, -0.15) is 0 Å². The summed E-state index contributed by atoms with van der Waals surface area (Å²) in [4.78, 5) is 21.7. The molecule has 4 heterocycles. The van der Waals surface area contributed by atoms with Crippen LogP contribution in [-0.4, -0.2) is 33.5 Å². The fourth-order valence-corrected chi connectivity index (χ4v) is 4.05. The summed E-state index contributed by atoms with van der Waals surface area (Å²) in [6, 6.07) is 13.6. The third kappa shape index (κ3) is 4.40. The number of carbonyl (C=O) groups excluding carboxylic acids is 1. The monoisotopic (exact) mass is 442 g/mol. The molecule has 7 heteroatoms. The molecule has 6 nitrogen and oxygen atoms in total. The number of amides is 1. The van der Waals surface area contributed by atoms with Gasteiger partial charge in [-0.15, -0.1) is 0 Å². The topological polar surface area (TPSA) is 68.5 Å². The van der Waals surface area contributed by atoms with Gasteiger partial charge in [-0.1, -0.05) is 12.1 Å². The quantitative estimate of drug-likeness (QED) is 0.467. The highest BCUT2D eigenvalue weighted by atomic mass is 19.1. The molecule has 1 aliphatic heterocycles. The number of rotatable bonds is 5. The third-order valence-electron chi connectivity index (χ3n) is 5.85. The number of hydrogen-bond donors (Lipinski definition) is 1. The second kappa shape index (κ2) is 8.96. The molecule has 0 saturated carbocycles. The van der Waals surface area contributed by atoms with Crippen molar-refractivity contribution in [1.82, 2.24) is 14.4 Å². The van der Waals surface area contributed by atoms with Gasteiger partial charge in [0.1, 0.15) is 11.5 Å². The molecule has 1 amide bonds. The number of halogens is 1. The Morgan fingerprint density at radius 2 is 2.12 bits per heavy atom. The standard InChI is InChI=1S/C26H23FN4O2/c1-17-25(20-11-13-33-16-20)30-24-10-9-22(15-31(17)24)29-26(32)19-6-5-18(23(27)14-19)7-8-21-4-2-3-12-28-21/h2-10,12,14-15,20H,11,13,16H2,1H3,(H,29,32). The molecule has 1 saturated heterocycles. The van der Waals surface area contributed by atoms with Crippen LogP contribution in [0.1, 0.15) is 45.3 Å². The van der Waals surface area contributed by atoms with Crippen LogP contribution in [0, 0.1) is 12.7 Å². The molecule has 5 rings (SSSR count). The van der Waals surface area contributed by atoms with Gasteiger partial charge in [0.25, 0.3) is 5.91 Å². The molecule has 1 N–H and O–H groups in total. The van der Waals surface area contributed by atoms with Crippen LogP contribution in [0.15, 0.2) is 60.9 Å². The summed E-state index contributed by atoms with van der Waals surface area (Å²) in [5, 5.41) is 2.85. The Labute approximate surface area is 190 Å². The molecule has 1 aromatic carbocycles. The molecule has 0 aliphatic carbocycles. The average molecular weight is 442 g/mol. The number of pyridine rings is 2. The lowest BCUT2D eigenvalue weighted by molar-refractivity contribution is 0.102. The van der Waals surface area contributed by atoms with E-state index in [0.717, 1.165) is 35.8 Å². The van der Waals surface area contributed by atoms with Gasteiger partial charge in [0.05, 0.1) is 23.7 Å². The minimum atomic E-state index is -0.473. The summed E-state index contributed by atoms with van der Waals surface area (Å²) in [7, 11) is 0. The average Bonchev–Trinajstić information content (AvgIpc) is 3.47.